The molecule has 33 heavy (non-hydrogen) atoms. The van der Waals surface area contributed by atoms with Crippen molar-refractivity contribution in [1.29, 1.82) is 0 Å². The summed E-state index contributed by atoms with van der Waals surface area (Å²) in [5.74, 6) is -0.476. The number of nitrogens with two attached hydrogens (primary N) is 2. The molecule has 1 aliphatic rings. The van der Waals surface area contributed by atoms with E-state index in [-0.39, 0.29) is 5.92 Å². The van der Waals surface area contributed by atoms with Crippen LogP contribution in [-0.4, -0.2) is 16.8 Å². The van der Waals surface area contributed by atoms with Crippen molar-refractivity contribution in [2.45, 2.75) is 12.3 Å². The molecule has 2 heterocycles. The maximum Gasteiger partial charge on any atom is 0.233 e. The number of hydrogen-bond donors (Lipinski definition) is 2. The lowest BCUT2D eigenvalue weighted by atomic mass is 9.97. The number of hydrogen-bond acceptors (Lipinski definition) is 5. The minimum atomic E-state index is -1.30. The number of benzene rings is 2. The van der Waals surface area contributed by atoms with Crippen molar-refractivity contribution in [3.05, 3.63) is 90.0 Å². The lowest BCUT2D eigenvalue weighted by Gasteiger charge is -2.11. The summed E-state index contributed by atoms with van der Waals surface area (Å²) in [7, 11) is 0. The fourth-order valence-electron chi connectivity index (χ4n) is 4.24. The molecule has 0 aliphatic heterocycles. The van der Waals surface area contributed by atoms with Crippen LogP contribution in [0.1, 0.15) is 17.9 Å². The highest BCUT2D eigenvalue weighted by molar-refractivity contribution is 6.08. The Hall–Kier alpha value is -4.46. The lowest BCUT2D eigenvalue weighted by molar-refractivity contribution is -0.604. The molecule has 4 aromatic rings. The Labute approximate surface area is 189 Å². The zero-order valence-corrected chi connectivity index (χ0v) is 17.5. The Kier molecular flexibility index (Phi) is 4.70. The molecule has 0 spiro atoms. The number of carbonyl (C=O) groups is 2. The van der Waals surface area contributed by atoms with E-state index >= 15 is 0 Å². The van der Waals surface area contributed by atoms with Gasteiger partial charge in [0.2, 0.25) is 11.8 Å². The lowest BCUT2D eigenvalue weighted by Crippen LogP contribution is -2.38. The zero-order valence-electron chi connectivity index (χ0n) is 17.5. The van der Waals surface area contributed by atoms with E-state index in [1.807, 2.05) is 36.4 Å². The molecule has 1 atom stereocenters. The predicted octanol–water partition coefficient (Wildman–Crippen LogP) is 2.77. The van der Waals surface area contributed by atoms with Crippen LogP contribution in [-0.2, 0) is 9.59 Å². The fourth-order valence-corrected chi connectivity index (χ4v) is 4.24. The molecule has 8 nitrogen and oxygen atoms in total. The van der Waals surface area contributed by atoms with E-state index in [1.165, 1.54) is 12.4 Å². The number of ether oxygens (including phenoxy) is 1. The summed E-state index contributed by atoms with van der Waals surface area (Å²) in [5.41, 5.74) is 12.7. The SMILES string of the molecule is NC(=O)C1(C(N)=O)CC1c1ccc(Oc2ccnc3cc(-c4ccc[n+]([O-])c4)ccc23)cc1. The van der Waals surface area contributed by atoms with Gasteiger partial charge in [0.05, 0.1) is 5.52 Å². The third kappa shape index (κ3) is 3.51. The van der Waals surface area contributed by atoms with Gasteiger partial charge in [-0.25, -0.2) is 0 Å². The molecular weight excluding hydrogens is 420 g/mol. The Bertz CT molecular complexity index is 1390. The molecule has 1 fully saturated rings. The van der Waals surface area contributed by atoms with E-state index < -0.39 is 17.2 Å². The van der Waals surface area contributed by atoms with Gasteiger partial charge in [0.1, 0.15) is 16.9 Å². The number of fused-ring (bicyclic) bond motifs is 1. The molecule has 0 bridgehead atoms. The van der Waals surface area contributed by atoms with Crippen LogP contribution >= 0.6 is 0 Å². The normalized spacial score (nSPS) is 16.3. The van der Waals surface area contributed by atoms with Gasteiger partial charge in [0, 0.05) is 29.1 Å². The Morgan fingerprint density at radius 1 is 1.03 bits per heavy atom. The van der Waals surface area contributed by atoms with Gasteiger partial charge in [0.15, 0.2) is 12.4 Å². The summed E-state index contributed by atoms with van der Waals surface area (Å²) >= 11 is 0. The summed E-state index contributed by atoms with van der Waals surface area (Å²) in [6, 6.07) is 18.2. The van der Waals surface area contributed by atoms with Crippen LogP contribution in [0.4, 0.5) is 0 Å². The molecule has 8 heteroatoms. The van der Waals surface area contributed by atoms with Crippen molar-refractivity contribution in [2.24, 2.45) is 16.9 Å². The van der Waals surface area contributed by atoms with Crippen LogP contribution in [0.5, 0.6) is 11.5 Å². The largest absolute Gasteiger partial charge is 0.619 e. The second kappa shape index (κ2) is 7.59. The average Bonchev–Trinajstić information content (AvgIpc) is 3.57. The zero-order chi connectivity index (χ0) is 23.2. The second-order valence-corrected chi connectivity index (χ2v) is 8.12. The monoisotopic (exact) mass is 440 g/mol. The highest BCUT2D eigenvalue weighted by Crippen LogP contribution is 2.59. The van der Waals surface area contributed by atoms with Crippen molar-refractivity contribution < 1.29 is 19.1 Å². The van der Waals surface area contributed by atoms with Gasteiger partial charge in [-0.1, -0.05) is 18.2 Å². The highest BCUT2D eigenvalue weighted by Gasteiger charge is 2.64. The molecule has 164 valence electrons. The number of aromatic nitrogens is 2. The van der Waals surface area contributed by atoms with E-state index in [4.69, 9.17) is 16.2 Å². The summed E-state index contributed by atoms with van der Waals surface area (Å²) in [5, 5.41) is 12.4. The van der Waals surface area contributed by atoms with Crippen LogP contribution in [0, 0.1) is 10.6 Å². The van der Waals surface area contributed by atoms with E-state index in [0.717, 1.165) is 32.3 Å². The van der Waals surface area contributed by atoms with Crippen molar-refractivity contribution in [3.63, 3.8) is 0 Å². The Balaban J connectivity index is 1.39. The van der Waals surface area contributed by atoms with Gasteiger partial charge >= 0.3 is 0 Å². The molecule has 2 amide bonds. The number of primary amides is 2. The number of nitrogens with zero attached hydrogens (tertiary/aromatic N) is 2. The van der Waals surface area contributed by atoms with Crippen molar-refractivity contribution in [2.75, 3.05) is 0 Å². The quantitative estimate of drug-likeness (QED) is 0.270. The molecule has 0 saturated heterocycles. The van der Waals surface area contributed by atoms with Crippen LogP contribution in [0.25, 0.3) is 22.0 Å². The van der Waals surface area contributed by atoms with Gasteiger partial charge in [-0.15, -0.1) is 0 Å². The van der Waals surface area contributed by atoms with Crippen LogP contribution in [0.3, 0.4) is 0 Å². The van der Waals surface area contributed by atoms with Crippen LogP contribution in [0.15, 0.2) is 79.3 Å². The van der Waals surface area contributed by atoms with E-state index in [9.17, 15) is 14.8 Å². The molecule has 1 unspecified atom stereocenters. The highest BCUT2D eigenvalue weighted by atomic mass is 16.5. The fraction of sp³-hybridized carbons (Fsp3) is 0.120. The van der Waals surface area contributed by atoms with Gasteiger partial charge in [-0.3, -0.25) is 14.6 Å². The molecule has 2 aromatic carbocycles. The minimum absolute atomic E-state index is 0.312. The van der Waals surface area contributed by atoms with E-state index in [1.54, 1.807) is 30.5 Å². The predicted molar refractivity (Wildman–Crippen MR) is 121 cm³/mol. The van der Waals surface area contributed by atoms with Crippen molar-refractivity contribution >= 4 is 22.7 Å². The first-order valence-corrected chi connectivity index (χ1v) is 10.3. The van der Waals surface area contributed by atoms with Crippen LogP contribution < -0.4 is 20.9 Å². The number of pyridine rings is 2. The first-order valence-electron chi connectivity index (χ1n) is 10.3. The third-order valence-corrected chi connectivity index (χ3v) is 6.16. The third-order valence-electron chi connectivity index (χ3n) is 6.16. The first-order chi connectivity index (χ1) is 15.9. The van der Waals surface area contributed by atoms with E-state index in [2.05, 4.69) is 4.98 Å². The molecule has 1 saturated carbocycles. The van der Waals surface area contributed by atoms with Gasteiger partial charge in [-0.2, -0.15) is 4.73 Å². The number of rotatable bonds is 6. The number of carbonyl (C=O) groups excluding carboxylic acids is 2. The molecule has 5 rings (SSSR count). The molecule has 0 radical (unpaired) electrons. The van der Waals surface area contributed by atoms with Crippen LogP contribution in [0.2, 0.25) is 0 Å². The standard InChI is InChI=1S/C25H20N4O4/c26-23(30)25(24(27)31)13-20(25)15-3-6-18(7-4-15)33-22-9-10-28-21-12-16(5-8-19(21)22)17-2-1-11-29(32)14-17/h1-12,14,20H,13H2,(H2,26,30)(H2,27,31). The molecular formula is C25H20N4O4. The van der Waals surface area contributed by atoms with Crippen molar-refractivity contribution in [1.82, 2.24) is 4.98 Å². The number of amides is 2. The van der Waals surface area contributed by atoms with E-state index in [0.29, 0.717) is 17.9 Å². The minimum Gasteiger partial charge on any atom is -0.619 e. The summed E-state index contributed by atoms with van der Waals surface area (Å²) in [6.07, 6.45) is 4.93. The second-order valence-electron chi connectivity index (χ2n) is 8.12. The maximum atomic E-state index is 11.7. The molecule has 1 aliphatic carbocycles. The van der Waals surface area contributed by atoms with Gasteiger partial charge in [0.25, 0.3) is 0 Å². The molecule has 4 N–H and O–H groups in total. The maximum absolute atomic E-state index is 11.7. The first kappa shape index (κ1) is 20.4. The smallest absolute Gasteiger partial charge is 0.233 e. The molecule has 2 aromatic heterocycles. The topological polar surface area (TPSA) is 135 Å². The van der Waals surface area contributed by atoms with Crippen molar-refractivity contribution in [3.8, 4) is 22.6 Å². The Morgan fingerprint density at radius 2 is 1.79 bits per heavy atom. The summed E-state index contributed by atoms with van der Waals surface area (Å²) < 4.78 is 6.84. The van der Waals surface area contributed by atoms with Gasteiger partial charge < -0.3 is 21.4 Å². The Morgan fingerprint density at radius 3 is 2.45 bits per heavy atom. The summed E-state index contributed by atoms with van der Waals surface area (Å²) in [6.45, 7) is 0. The average molecular weight is 440 g/mol. The van der Waals surface area contributed by atoms with Gasteiger partial charge in [-0.05, 0) is 53.9 Å². The summed E-state index contributed by atoms with van der Waals surface area (Å²) in [4.78, 5) is 27.9.